The standard InChI is InChI=1S/C20H16Cl3F3N4O2/c21-12-2-1-3-13(22)17(12)15-9-16(32-28-15)19(31)30-6-4-29(5-7-30)18-14(23)8-11(10-27-18)20(24,25)26/h1-3,8,10,16H,4-7,9H2. The van der Waals surface area contributed by atoms with E-state index >= 15 is 0 Å². The van der Waals surface area contributed by atoms with Crippen LogP contribution >= 0.6 is 34.8 Å². The number of piperazine rings is 1. The summed E-state index contributed by atoms with van der Waals surface area (Å²) in [6, 6.07) is 5.93. The van der Waals surface area contributed by atoms with Crippen LogP contribution in [0.2, 0.25) is 15.1 Å². The molecule has 32 heavy (non-hydrogen) atoms. The van der Waals surface area contributed by atoms with Gasteiger partial charge >= 0.3 is 6.18 Å². The fourth-order valence-corrected chi connectivity index (χ4v) is 4.49. The van der Waals surface area contributed by atoms with E-state index in [2.05, 4.69) is 10.1 Å². The molecule has 170 valence electrons. The van der Waals surface area contributed by atoms with Gasteiger partial charge in [-0.05, 0) is 18.2 Å². The quantitative estimate of drug-likeness (QED) is 0.593. The summed E-state index contributed by atoms with van der Waals surface area (Å²) in [5, 5.41) is 4.75. The van der Waals surface area contributed by atoms with Crippen LogP contribution in [0.25, 0.3) is 0 Å². The number of anilines is 1. The topological polar surface area (TPSA) is 58.0 Å². The molecule has 12 heteroatoms. The molecule has 0 bridgehead atoms. The van der Waals surface area contributed by atoms with Gasteiger partial charge in [0.2, 0.25) is 6.10 Å². The summed E-state index contributed by atoms with van der Waals surface area (Å²) >= 11 is 18.4. The van der Waals surface area contributed by atoms with Crippen LogP contribution in [0, 0.1) is 0 Å². The Balaban J connectivity index is 1.37. The molecular formula is C20H16Cl3F3N4O2. The van der Waals surface area contributed by atoms with E-state index in [4.69, 9.17) is 39.6 Å². The number of pyridine rings is 1. The van der Waals surface area contributed by atoms with Crippen LogP contribution < -0.4 is 4.90 Å². The second-order valence-electron chi connectivity index (χ2n) is 7.27. The lowest BCUT2D eigenvalue weighted by atomic mass is 10.0. The molecule has 2 aliphatic heterocycles. The van der Waals surface area contributed by atoms with Gasteiger partial charge in [-0.3, -0.25) is 4.79 Å². The molecule has 1 atom stereocenters. The fourth-order valence-electron chi connectivity index (χ4n) is 3.59. The van der Waals surface area contributed by atoms with Gasteiger partial charge in [0.25, 0.3) is 5.91 Å². The Morgan fingerprint density at radius 1 is 1.06 bits per heavy atom. The summed E-state index contributed by atoms with van der Waals surface area (Å²) in [6.07, 6.45) is -4.33. The number of alkyl halides is 3. The number of hydrogen-bond acceptors (Lipinski definition) is 5. The zero-order chi connectivity index (χ0) is 23.0. The van der Waals surface area contributed by atoms with Gasteiger partial charge < -0.3 is 14.6 Å². The number of aromatic nitrogens is 1. The van der Waals surface area contributed by atoms with Crippen LogP contribution in [0.3, 0.4) is 0 Å². The lowest BCUT2D eigenvalue weighted by Crippen LogP contribution is -2.51. The monoisotopic (exact) mass is 506 g/mol. The lowest BCUT2D eigenvalue weighted by molar-refractivity contribution is -0.142. The van der Waals surface area contributed by atoms with Crippen molar-refractivity contribution in [2.24, 2.45) is 5.16 Å². The van der Waals surface area contributed by atoms with Crippen LogP contribution in [0.15, 0.2) is 35.6 Å². The van der Waals surface area contributed by atoms with E-state index in [0.717, 1.165) is 12.3 Å². The minimum Gasteiger partial charge on any atom is -0.382 e. The van der Waals surface area contributed by atoms with Crippen LogP contribution in [0.1, 0.15) is 17.5 Å². The van der Waals surface area contributed by atoms with Gasteiger partial charge in [0.05, 0.1) is 26.3 Å². The summed E-state index contributed by atoms with van der Waals surface area (Å²) in [5.41, 5.74) is 0.130. The molecule has 1 aromatic heterocycles. The van der Waals surface area contributed by atoms with Gasteiger partial charge in [-0.1, -0.05) is 46.0 Å². The third-order valence-corrected chi connectivity index (χ3v) is 6.14. The molecule has 1 fully saturated rings. The number of oxime groups is 1. The van der Waals surface area contributed by atoms with Crippen LogP contribution in [0.4, 0.5) is 19.0 Å². The molecule has 0 radical (unpaired) electrons. The molecule has 1 unspecified atom stereocenters. The number of carbonyl (C=O) groups excluding carboxylic acids is 1. The number of benzene rings is 1. The number of hydrogen-bond donors (Lipinski definition) is 0. The maximum absolute atomic E-state index is 12.9. The average molecular weight is 508 g/mol. The third kappa shape index (κ3) is 4.60. The van der Waals surface area contributed by atoms with Gasteiger partial charge in [-0.15, -0.1) is 0 Å². The molecule has 3 heterocycles. The average Bonchev–Trinajstić information content (AvgIpc) is 3.22. The van der Waals surface area contributed by atoms with Gasteiger partial charge in [0.1, 0.15) is 5.82 Å². The Morgan fingerprint density at radius 3 is 2.31 bits per heavy atom. The fraction of sp³-hybridized carbons (Fsp3) is 0.350. The molecular weight excluding hydrogens is 492 g/mol. The zero-order valence-corrected chi connectivity index (χ0v) is 18.6. The Morgan fingerprint density at radius 2 is 1.72 bits per heavy atom. The van der Waals surface area contributed by atoms with E-state index in [-0.39, 0.29) is 23.2 Å². The molecule has 1 aromatic carbocycles. The third-order valence-electron chi connectivity index (χ3n) is 5.24. The van der Waals surface area contributed by atoms with E-state index in [1.807, 2.05) is 0 Å². The van der Waals surface area contributed by atoms with Crippen molar-refractivity contribution in [1.82, 2.24) is 9.88 Å². The van der Waals surface area contributed by atoms with Crippen molar-refractivity contribution in [3.63, 3.8) is 0 Å². The van der Waals surface area contributed by atoms with E-state index < -0.39 is 17.8 Å². The summed E-state index contributed by atoms with van der Waals surface area (Å²) < 4.78 is 38.5. The molecule has 0 N–H and O–H groups in total. The van der Waals surface area contributed by atoms with Crippen LogP contribution in [-0.4, -0.2) is 53.8 Å². The van der Waals surface area contributed by atoms with Crippen molar-refractivity contribution in [1.29, 1.82) is 0 Å². The van der Waals surface area contributed by atoms with Gasteiger partial charge in [-0.25, -0.2) is 4.98 Å². The smallest absolute Gasteiger partial charge is 0.382 e. The van der Waals surface area contributed by atoms with Gasteiger partial charge in [-0.2, -0.15) is 13.2 Å². The highest BCUT2D eigenvalue weighted by Crippen LogP contribution is 2.34. The number of halogens is 6. The minimum atomic E-state index is -4.52. The van der Waals surface area contributed by atoms with Crippen molar-refractivity contribution in [3.8, 4) is 0 Å². The van der Waals surface area contributed by atoms with Crippen LogP contribution in [0.5, 0.6) is 0 Å². The molecule has 2 aromatic rings. The lowest BCUT2D eigenvalue weighted by Gasteiger charge is -2.36. The first-order chi connectivity index (χ1) is 15.1. The highest BCUT2D eigenvalue weighted by Gasteiger charge is 2.36. The maximum Gasteiger partial charge on any atom is 0.417 e. The number of nitrogens with zero attached hydrogens (tertiary/aromatic N) is 4. The summed E-state index contributed by atoms with van der Waals surface area (Å²) in [5.74, 6) is 0.0147. The molecule has 1 saturated heterocycles. The Hall–Kier alpha value is -2.23. The molecule has 0 spiro atoms. The summed E-state index contributed by atoms with van der Waals surface area (Å²) in [4.78, 5) is 25.5. The first-order valence-electron chi connectivity index (χ1n) is 9.58. The molecule has 1 amide bonds. The Bertz CT molecular complexity index is 1050. The minimum absolute atomic E-state index is 0.0895. The number of amides is 1. The maximum atomic E-state index is 12.9. The van der Waals surface area contributed by atoms with Gasteiger partial charge in [0.15, 0.2) is 0 Å². The van der Waals surface area contributed by atoms with Gasteiger partial charge in [0, 0.05) is 44.4 Å². The van der Waals surface area contributed by atoms with Crippen LogP contribution in [-0.2, 0) is 15.8 Å². The van der Waals surface area contributed by atoms with E-state index in [1.54, 1.807) is 28.0 Å². The second-order valence-corrected chi connectivity index (χ2v) is 8.49. The van der Waals surface area contributed by atoms with Crippen molar-refractivity contribution < 1.29 is 22.8 Å². The van der Waals surface area contributed by atoms with E-state index in [0.29, 0.717) is 47.5 Å². The molecule has 4 rings (SSSR count). The second kappa shape index (κ2) is 8.96. The molecule has 2 aliphatic rings. The van der Waals surface area contributed by atoms with E-state index in [1.165, 1.54) is 0 Å². The first kappa shape index (κ1) is 22.9. The number of rotatable bonds is 3. The Kier molecular flexibility index (Phi) is 6.42. The molecule has 0 saturated carbocycles. The Labute approximate surface area is 196 Å². The molecule has 6 nitrogen and oxygen atoms in total. The largest absolute Gasteiger partial charge is 0.417 e. The zero-order valence-electron chi connectivity index (χ0n) is 16.4. The van der Waals surface area contributed by atoms with Crippen molar-refractivity contribution in [2.45, 2.75) is 18.7 Å². The summed E-state index contributed by atoms with van der Waals surface area (Å²) in [7, 11) is 0. The SMILES string of the molecule is O=C(C1CC(c2c(Cl)cccc2Cl)=NO1)N1CCN(c2ncc(C(F)(F)F)cc2Cl)CC1. The summed E-state index contributed by atoms with van der Waals surface area (Å²) in [6.45, 7) is 1.39. The molecule has 0 aliphatic carbocycles. The van der Waals surface area contributed by atoms with Crippen molar-refractivity contribution in [3.05, 3.63) is 56.7 Å². The normalized spacial score (nSPS) is 19.1. The first-order valence-corrected chi connectivity index (χ1v) is 10.7. The van der Waals surface area contributed by atoms with Crippen molar-refractivity contribution in [2.75, 3.05) is 31.1 Å². The van der Waals surface area contributed by atoms with Crippen molar-refractivity contribution >= 4 is 52.2 Å². The highest BCUT2D eigenvalue weighted by molar-refractivity contribution is 6.40. The number of carbonyl (C=O) groups is 1. The highest BCUT2D eigenvalue weighted by atomic mass is 35.5. The van der Waals surface area contributed by atoms with E-state index in [9.17, 15) is 18.0 Å². The predicted octanol–water partition coefficient (Wildman–Crippen LogP) is 4.90. The predicted molar refractivity (Wildman–Crippen MR) is 116 cm³/mol.